The van der Waals surface area contributed by atoms with Crippen LogP contribution in [0.15, 0.2) is 24.3 Å². The molecule has 2 atom stereocenters. The van der Waals surface area contributed by atoms with Crippen molar-refractivity contribution in [2.75, 3.05) is 12.8 Å². The standard InChI is InChI=1S/C13H17N3O/c1-17-12-8-4-7-11(12)16-10-6-3-2-5-9(10)15-13(16)14/h2-3,5-6,11-12H,4,7-8H2,1H3,(H2,14,15). The van der Waals surface area contributed by atoms with Crippen LogP contribution in [0.4, 0.5) is 5.95 Å². The largest absolute Gasteiger partial charge is 0.379 e. The maximum absolute atomic E-state index is 6.05. The molecular weight excluding hydrogens is 214 g/mol. The number of nitrogens with zero attached hydrogens (tertiary/aromatic N) is 2. The average Bonchev–Trinajstić information content (AvgIpc) is 2.90. The number of imidazole rings is 1. The second-order valence-electron chi connectivity index (χ2n) is 4.60. The minimum absolute atomic E-state index is 0.259. The third kappa shape index (κ3) is 1.60. The van der Waals surface area contributed by atoms with E-state index in [1.165, 1.54) is 6.42 Å². The van der Waals surface area contributed by atoms with E-state index in [1.54, 1.807) is 7.11 Å². The van der Waals surface area contributed by atoms with Crippen LogP contribution in [0, 0.1) is 0 Å². The third-order valence-electron chi connectivity index (χ3n) is 3.68. The highest BCUT2D eigenvalue weighted by atomic mass is 16.5. The first-order chi connectivity index (χ1) is 8.31. The molecule has 17 heavy (non-hydrogen) atoms. The SMILES string of the molecule is COC1CCCC1n1c(N)nc2ccccc21. The quantitative estimate of drug-likeness (QED) is 0.863. The molecule has 2 aromatic rings. The topological polar surface area (TPSA) is 53.1 Å². The molecule has 3 rings (SSSR count). The Hall–Kier alpha value is -1.55. The highest BCUT2D eigenvalue weighted by Gasteiger charge is 2.30. The van der Waals surface area contributed by atoms with Gasteiger partial charge in [-0.3, -0.25) is 0 Å². The van der Waals surface area contributed by atoms with Crippen molar-refractivity contribution in [2.24, 2.45) is 0 Å². The Labute approximate surface area is 100 Å². The molecule has 0 bridgehead atoms. The van der Waals surface area contributed by atoms with Crippen LogP contribution in [-0.2, 0) is 4.74 Å². The molecular formula is C13H17N3O. The molecule has 2 unspecified atom stereocenters. The highest BCUT2D eigenvalue weighted by Crippen LogP contribution is 2.36. The second-order valence-corrected chi connectivity index (χ2v) is 4.60. The first-order valence-corrected chi connectivity index (χ1v) is 6.06. The number of benzene rings is 1. The van der Waals surface area contributed by atoms with Gasteiger partial charge >= 0.3 is 0 Å². The van der Waals surface area contributed by atoms with Gasteiger partial charge in [0.05, 0.1) is 23.2 Å². The highest BCUT2D eigenvalue weighted by molar-refractivity contribution is 5.78. The minimum atomic E-state index is 0.259. The number of para-hydroxylation sites is 2. The van der Waals surface area contributed by atoms with Crippen molar-refractivity contribution >= 4 is 17.0 Å². The number of anilines is 1. The first kappa shape index (κ1) is 10.6. The van der Waals surface area contributed by atoms with Crippen LogP contribution in [0.25, 0.3) is 11.0 Å². The molecule has 1 saturated carbocycles. The van der Waals surface area contributed by atoms with Crippen LogP contribution in [0.5, 0.6) is 0 Å². The number of rotatable bonds is 2. The average molecular weight is 231 g/mol. The van der Waals surface area contributed by atoms with E-state index >= 15 is 0 Å². The first-order valence-electron chi connectivity index (χ1n) is 6.06. The fraction of sp³-hybridized carbons (Fsp3) is 0.462. The molecule has 2 N–H and O–H groups in total. The summed E-state index contributed by atoms with van der Waals surface area (Å²) in [6.45, 7) is 0. The fourth-order valence-corrected chi connectivity index (χ4v) is 2.89. The van der Waals surface area contributed by atoms with Crippen LogP contribution in [0.2, 0.25) is 0 Å². The maximum Gasteiger partial charge on any atom is 0.201 e. The van der Waals surface area contributed by atoms with Gasteiger partial charge in [0.1, 0.15) is 0 Å². The summed E-state index contributed by atoms with van der Waals surface area (Å²) >= 11 is 0. The van der Waals surface area contributed by atoms with Gasteiger partial charge in [0.2, 0.25) is 5.95 Å². The zero-order chi connectivity index (χ0) is 11.8. The normalized spacial score (nSPS) is 24.5. The van der Waals surface area contributed by atoms with Gasteiger partial charge < -0.3 is 15.0 Å². The lowest BCUT2D eigenvalue weighted by Crippen LogP contribution is -2.21. The molecule has 90 valence electrons. The monoisotopic (exact) mass is 231 g/mol. The Morgan fingerprint density at radius 2 is 2.18 bits per heavy atom. The Balaban J connectivity index is 2.13. The number of fused-ring (bicyclic) bond motifs is 1. The van der Waals surface area contributed by atoms with Gasteiger partial charge in [0, 0.05) is 7.11 Å². The predicted molar refractivity (Wildman–Crippen MR) is 67.8 cm³/mol. The summed E-state index contributed by atoms with van der Waals surface area (Å²) in [5.41, 5.74) is 8.12. The van der Waals surface area contributed by atoms with Gasteiger partial charge in [0.15, 0.2) is 0 Å². The molecule has 1 aliphatic rings. The van der Waals surface area contributed by atoms with Crippen LogP contribution < -0.4 is 5.73 Å². The predicted octanol–water partition coefficient (Wildman–Crippen LogP) is 2.36. The summed E-state index contributed by atoms with van der Waals surface area (Å²) in [5, 5.41) is 0. The van der Waals surface area contributed by atoms with Crippen LogP contribution in [0.1, 0.15) is 25.3 Å². The Morgan fingerprint density at radius 3 is 3.00 bits per heavy atom. The molecule has 1 heterocycles. The van der Waals surface area contributed by atoms with Crippen LogP contribution in [0.3, 0.4) is 0 Å². The van der Waals surface area contributed by atoms with Crippen LogP contribution >= 0.6 is 0 Å². The molecule has 0 radical (unpaired) electrons. The lowest BCUT2D eigenvalue weighted by Gasteiger charge is -2.21. The van der Waals surface area contributed by atoms with Crippen LogP contribution in [-0.4, -0.2) is 22.8 Å². The number of aromatic nitrogens is 2. The molecule has 1 fully saturated rings. The number of nitrogen functional groups attached to an aromatic ring is 1. The number of hydrogen-bond acceptors (Lipinski definition) is 3. The second kappa shape index (κ2) is 4.04. The van der Waals surface area contributed by atoms with E-state index in [2.05, 4.69) is 15.6 Å². The lowest BCUT2D eigenvalue weighted by atomic mass is 10.2. The minimum Gasteiger partial charge on any atom is -0.379 e. The van der Waals surface area contributed by atoms with E-state index < -0.39 is 0 Å². The van der Waals surface area contributed by atoms with Gasteiger partial charge in [-0.2, -0.15) is 0 Å². The Kier molecular flexibility index (Phi) is 2.52. The van der Waals surface area contributed by atoms with Crippen molar-refractivity contribution in [3.8, 4) is 0 Å². The third-order valence-corrected chi connectivity index (χ3v) is 3.68. The maximum atomic E-state index is 6.05. The van der Waals surface area contributed by atoms with E-state index in [0.717, 1.165) is 23.9 Å². The zero-order valence-corrected chi connectivity index (χ0v) is 9.97. The van der Waals surface area contributed by atoms with E-state index in [9.17, 15) is 0 Å². The summed E-state index contributed by atoms with van der Waals surface area (Å²) in [6.07, 6.45) is 3.67. The van der Waals surface area contributed by atoms with Gasteiger partial charge in [0.25, 0.3) is 0 Å². The Morgan fingerprint density at radius 1 is 1.35 bits per heavy atom. The van der Waals surface area contributed by atoms with Crippen molar-refractivity contribution in [1.29, 1.82) is 0 Å². The number of hydrogen-bond donors (Lipinski definition) is 1. The summed E-state index contributed by atoms with van der Waals surface area (Å²) in [6, 6.07) is 8.41. The van der Waals surface area contributed by atoms with Gasteiger partial charge in [-0.1, -0.05) is 12.1 Å². The summed E-state index contributed by atoms with van der Waals surface area (Å²) < 4.78 is 7.68. The molecule has 1 aliphatic carbocycles. The number of methoxy groups -OCH3 is 1. The summed E-state index contributed by atoms with van der Waals surface area (Å²) in [5.74, 6) is 0.597. The molecule has 1 aromatic carbocycles. The number of ether oxygens (including phenoxy) is 1. The molecule has 1 aromatic heterocycles. The molecule has 4 nitrogen and oxygen atoms in total. The Bertz CT molecular complexity index is 534. The molecule has 0 saturated heterocycles. The zero-order valence-electron chi connectivity index (χ0n) is 9.97. The molecule has 4 heteroatoms. The fourth-order valence-electron chi connectivity index (χ4n) is 2.89. The van der Waals surface area contributed by atoms with Crippen molar-refractivity contribution < 1.29 is 4.74 Å². The van der Waals surface area contributed by atoms with E-state index in [1.807, 2.05) is 18.2 Å². The summed E-state index contributed by atoms with van der Waals surface area (Å²) in [4.78, 5) is 4.41. The van der Waals surface area contributed by atoms with Crippen molar-refractivity contribution in [3.05, 3.63) is 24.3 Å². The number of nitrogens with two attached hydrogens (primary N) is 1. The molecule has 0 amide bonds. The van der Waals surface area contributed by atoms with Crippen molar-refractivity contribution in [3.63, 3.8) is 0 Å². The van der Waals surface area contributed by atoms with Crippen molar-refractivity contribution in [2.45, 2.75) is 31.4 Å². The smallest absolute Gasteiger partial charge is 0.201 e. The van der Waals surface area contributed by atoms with E-state index in [0.29, 0.717) is 12.0 Å². The van der Waals surface area contributed by atoms with Gasteiger partial charge in [-0.25, -0.2) is 4.98 Å². The summed E-state index contributed by atoms with van der Waals surface area (Å²) in [7, 11) is 1.78. The molecule has 0 aliphatic heterocycles. The lowest BCUT2D eigenvalue weighted by molar-refractivity contribution is 0.0768. The van der Waals surface area contributed by atoms with E-state index in [4.69, 9.17) is 10.5 Å². The van der Waals surface area contributed by atoms with Gasteiger partial charge in [-0.15, -0.1) is 0 Å². The van der Waals surface area contributed by atoms with Crippen molar-refractivity contribution in [1.82, 2.24) is 9.55 Å². The molecule has 0 spiro atoms. The van der Waals surface area contributed by atoms with Gasteiger partial charge in [-0.05, 0) is 31.4 Å². The van der Waals surface area contributed by atoms with E-state index in [-0.39, 0.29) is 6.10 Å².